The van der Waals surface area contributed by atoms with Crippen molar-refractivity contribution in [3.8, 4) is 0 Å². The molecule has 3 heteroatoms. The quantitative estimate of drug-likeness (QED) is 0.881. The molecule has 1 aromatic carbocycles. The molecule has 2 saturated carbocycles. The molecule has 104 valence electrons. The van der Waals surface area contributed by atoms with Crippen LogP contribution >= 0.6 is 11.6 Å². The van der Waals surface area contributed by atoms with E-state index in [1.165, 1.54) is 37.7 Å². The van der Waals surface area contributed by atoms with Gasteiger partial charge in [-0.05, 0) is 55.7 Å². The van der Waals surface area contributed by atoms with Gasteiger partial charge in [-0.3, -0.25) is 0 Å². The highest BCUT2D eigenvalue weighted by Crippen LogP contribution is 2.42. The fourth-order valence-electron chi connectivity index (χ4n) is 3.23. The molecule has 0 aromatic heterocycles. The predicted octanol–water partition coefficient (Wildman–Crippen LogP) is 3.95. The fraction of sp³-hybridized carbons (Fsp3) is 0.625. The molecule has 1 aromatic rings. The fourth-order valence-corrected chi connectivity index (χ4v) is 3.36. The van der Waals surface area contributed by atoms with Crippen molar-refractivity contribution in [3.63, 3.8) is 0 Å². The van der Waals surface area contributed by atoms with Crippen molar-refractivity contribution in [1.82, 2.24) is 5.32 Å². The van der Waals surface area contributed by atoms with E-state index < -0.39 is 0 Å². The Kier molecular flexibility index (Phi) is 4.11. The van der Waals surface area contributed by atoms with Crippen molar-refractivity contribution in [2.75, 3.05) is 7.11 Å². The first-order valence-corrected chi connectivity index (χ1v) is 7.70. The molecule has 0 amide bonds. The van der Waals surface area contributed by atoms with E-state index in [4.69, 9.17) is 16.3 Å². The Morgan fingerprint density at radius 3 is 2.53 bits per heavy atom. The number of hydrogen-bond donors (Lipinski definition) is 1. The van der Waals surface area contributed by atoms with Gasteiger partial charge in [-0.1, -0.05) is 23.7 Å². The molecule has 0 bridgehead atoms. The standard InChI is InChI=1S/C16H22ClNO/c1-19-15-4-2-3-14(15)18-16(11-5-6-11)12-7-9-13(17)10-8-12/h7-11,14-16,18H,2-6H2,1H3. The number of rotatable bonds is 5. The Balaban J connectivity index is 1.72. The first kappa shape index (κ1) is 13.4. The Labute approximate surface area is 120 Å². The van der Waals surface area contributed by atoms with Gasteiger partial charge in [0.2, 0.25) is 0 Å². The maximum absolute atomic E-state index is 5.99. The molecule has 2 aliphatic rings. The number of ether oxygens (including phenoxy) is 1. The van der Waals surface area contributed by atoms with Gasteiger partial charge in [-0.2, -0.15) is 0 Å². The molecular weight excluding hydrogens is 258 g/mol. The van der Waals surface area contributed by atoms with Gasteiger partial charge in [-0.25, -0.2) is 0 Å². The average Bonchev–Trinajstić information content (AvgIpc) is 3.17. The molecule has 1 N–H and O–H groups in total. The van der Waals surface area contributed by atoms with E-state index in [1.54, 1.807) is 0 Å². The van der Waals surface area contributed by atoms with Crippen molar-refractivity contribution in [2.45, 2.75) is 50.3 Å². The van der Waals surface area contributed by atoms with E-state index in [2.05, 4.69) is 17.4 Å². The summed E-state index contributed by atoms with van der Waals surface area (Å²) in [6.45, 7) is 0. The van der Waals surface area contributed by atoms with Gasteiger partial charge < -0.3 is 10.1 Å². The summed E-state index contributed by atoms with van der Waals surface area (Å²) < 4.78 is 5.60. The van der Waals surface area contributed by atoms with Crippen LogP contribution in [-0.4, -0.2) is 19.3 Å². The van der Waals surface area contributed by atoms with Gasteiger partial charge in [0, 0.05) is 24.2 Å². The minimum atomic E-state index is 0.383. The molecule has 19 heavy (non-hydrogen) atoms. The van der Waals surface area contributed by atoms with Crippen molar-refractivity contribution in [3.05, 3.63) is 34.9 Å². The van der Waals surface area contributed by atoms with E-state index in [1.807, 2.05) is 19.2 Å². The van der Waals surface area contributed by atoms with E-state index in [-0.39, 0.29) is 0 Å². The van der Waals surface area contributed by atoms with E-state index in [0.717, 1.165) is 10.9 Å². The van der Waals surface area contributed by atoms with Crippen LogP contribution < -0.4 is 5.32 Å². The van der Waals surface area contributed by atoms with Crippen LogP contribution in [0.2, 0.25) is 5.02 Å². The maximum Gasteiger partial charge on any atom is 0.0724 e. The minimum absolute atomic E-state index is 0.383. The van der Waals surface area contributed by atoms with Crippen LogP contribution in [0.3, 0.4) is 0 Å². The number of methoxy groups -OCH3 is 1. The number of hydrogen-bond acceptors (Lipinski definition) is 2. The monoisotopic (exact) mass is 279 g/mol. The van der Waals surface area contributed by atoms with Crippen molar-refractivity contribution in [2.24, 2.45) is 5.92 Å². The summed E-state index contributed by atoms with van der Waals surface area (Å²) >= 11 is 5.99. The van der Waals surface area contributed by atoms with Gasteiger partial charge >= 0.3 is 0 Å². The minimum Gasteiger partial charge on any atom is -0.380 e. The third-order valence-corrected chi connectivity index (χ3v) is 4.72. The second kappa shape index (κ2) is 5.82. The summed E-state index contributed by atoms with van der Waals surface area (Å²) in [5.74, 6) is 0.791. The van der Waals surface area contributed by atoms with Crippen LogP contribution in [0.4, 0.5) is 0 Å². The van der Waals surface area contributed by atoms with Crippen molar-refractivity contribution in [1.29, 1.82) is 0 Å². The number of nitrogens with one attached hydrogen (secondary N) is 1. The summed E-state index contributed by atoms with van der Waals surface area (Å²) in [6, 6.07) is 9.29. The molecule has 2 fully saturated rings. The Bertz CT molecular complexity index is 415. The second-order valence-corrected chi connectivity index (χ2v) is 6.28. The molecule has 3 rings (SSSR count). The molecule has 3 atom stereocenters. The number of halogens is 1. The predicted molar refractivity (Wildman–Crippen MR) is 78.5 cm³/mol. The molecule has 2 aliphatic carbocycles. The zero-order valence-electron chi connectivity index (χ0n) is 11.4. The first-order chi connectivity index (χ1) is 9.28. The lowest BCUT2D eigenvalue weighted by molar-refractivity contribution is 0.0801. The largest absolute Gasteiger partial charge is 0.380 e. The highest BCUT2D eigenvalue weighted by molar-refractivity contribution is 6.30. The first-order valence-electron chi connectivity index (χ1n) is 7.32. The SMILES string of the molecule is COC1CCCC1NC(c1ccc(Cl)cc1)C1CC1. The van der Waals surface area contributed by atoms with Crippen LogP contribution in [0.5, 0.6) is 0 Å². The smallest absolute Gasteiger partial charge is 0.0724 e. The Morgan fingerprint density at radius 2 is 1.89 bits per heavy atom. The van der Waals surface area contributed by atoms with Crippen LogP contribution in [-0.2, 0) is 4.74 Å². The van der Waals surface area contributed by atoms with Crippen LogP contribution in [0.1, 0.15) is 43.7 Å². The molecule has 2 nitrogen and oxygen atoms in total. The van der Waals surface area contributed by atoms with Gasteiger partial charge in [0.15, 0.2) is 0 Å². The maximum atomic E-state index is 5.99. The summed E-state index contributed by atoms with van der Waals surface area (Å²) in [5, 5.41) is 4.66. The molecule has 0 radical (unpaired) electrons. The summed E-state index contributed by atoms with van der Waals surface area (Å²) in [7, 11) is 1.83. The lowest BCUT2D eigenvalue weighted by atomic mass is 10.0. The summed E-state index contributed by atoms with van der Waals surface area (Å²) in [6.07, 6.45) is 6.75. The normalized spacial score (nSPS) is 28.5. The van der Waals surface area contributed by atoms with Crippen LogP contribution in [0, 0.1) is 5.92 Å². The molecule has 3 unspecified atom stereocenters. The average molecular weight is 280 g/mol. The second-order valence-electron chi connectivity index (χ2n) is 5.84. The molecule has 0 heterocycles. The molecule has 0 saturated heterocycles. The number of benzene rings is 1. The zero-order chi connectivity index (χ0) is 13.2. The molecular formula is C16H22ClNO. The van der Waals surface area contributed by atoms with E-state index in [0.29, 0.717) is 18.2 Å². The Morgan fingerprint density at radius 1 is 1.16 bits per heavy atom. The van der Waals surface area contributed by atoms with Crippen LogP contribution in [0.15, 0.2) is 24.3 Å². The third-order valence-electron chi connectivity index (χ3n) is 4.47. The van der Waals surface area contributed by atoms with Gasteiger partial charge in [-0.15, -0.1) is 0 Å². The molecule has 0 aliphatic heterocycles. The van der Waals surface area contributed by atoms with Crippen molar-refractivity contribution >= 4 is 11.6 Å². The third kappa shape index (κ3) is 3.13. The lowest BCUT2D eigenvalue weighted by Gasteiger charge is -2.27. The van der Waals surface area contributed by atoms with Crippen molar-refractivity contribution < 1.29 is 4.74 Å². The van der Waals surface area contributed by atoms with E-state index in [9.17, 15) is 0 Å². The lowest BCUT2D eigenvalue weighted by Crippen LogP contribution is -2.40. The van der Waals surface area contributed by atoms with Crippen LogP contribution in [0.25, 0.3) is 0 Å². The van der Waals surface area contributed by atoms with E-state index >= 15 is 0 Å². The highest BCUT2D eigenvalue weighted by atomic mass is 35.5. The topological polar surface area (TPSA) is 21.3 Å². The highest BCUT2D eigenvalue weighted by Gasteiger charge is 2.36. The Hall–Kier alpha value is -0.570. The summed E-state index contributed by atoms with van der Waals surface area (Å²) in [5.41, 5.74) is 1.37. The summed E-state index contributed by atoms with van der Waals surface area (Å²) in [4.78, 5) is 0. The molecule has 0 spiro atoms. The zero-order valence-corrected chi connectivity index (χ0v) is 12.2. The van der Waals surface area contributed by atoms with Gasteiger partial charge in [0.05, 0.1) is 6.10 Å². The van der Waals surface area contributed by atoms with Gasteiger partial charge in [0.25, 0.3) is 0 Å². The van der Waals surface area contributed by atoms with Gasteiger partial charge in [0.1, 0.15) is 0 Å².